The van der Waals surface area contributed by atoms with Crippen molar-refractivity contribution in [2.45, 2.75) is 64.3 Å². The van der Waals surface area contributed by atoms with E-state index in [-0.39, 0.29) is 6.03 Å². The summed E-state index contributed by atoms with van der Waals surface area (Å²) in [6.07, 6.45) is 6.40. The third kappa shape index (κ3) is 3.01. The van der Waals surface area contributed by atoms with Gasteiger partial charge in [-0.05, 0) is 38.0 Å². The van der Waals surface area contributed by atoms with Crippen LogP contribution in [0.5, 0.6) is 0 Å². The smallest absolute Gasteiger partial charge is 0.329 e. The quantitative estimate of drug-likeness (QED) is 0.867. The van der Waals surface area contributed by atoms with E-state index in [0.717, 1.165) is 38.3 Å². The van der Waals surface area contributed by atoms with Gasteiger partial charge in [0.15, 0.2) is 0 Å². The molecule has 0 spiro atoms. The molecule has 120 valence electrons. The number of rotatable bonds is 4. The highest BCUT2D eigenvalue weighted by molar-refractivity contribution is 5.87. The molecule has 2 aliphatic rings. The average molecular weight is 296 g/mol. The fourth-order valence-corrected chi connectivity index (χ4v) is 3.89. The number of carboxylic acids is 1. The number of hydrogen-bond acceptors (Lipinski definition) is 2. The van der Waals surface area contributed by atoms with Crippen molar-refractivity contribution < 1.29 is 14.7 Å². The second-order valence-electron chi connectivity index (χ2n) is 6.45. The van der Waals surface area contributed by atoms with Crippen molar-refractivity contribution in [1.82, 2.24) is 9.80 Å². The topological polar surface area (TPSA) is 60.9 Å². The molecule has 2 heterocycles. The third-order valence-corrected chi connectivity index (χ3v) is 5.28. The van der Waals surface area contributed by atoms with E-state index in [9.17, 15) is 14.7 Å². The number of amides is 2. The van der Waals surface area contributed by atoms with Gasteiger partial charge < -0.3 is 14.9 Å². The second-order valence-corrected chi connectivity index (χ2v) is 6.45. The van der Waals surface area contributed by atoms with Gasteiger partial charge in [-0.15, -0.1) is 0 Å². The Bertz CT molecular complexity index is 391. The summed E-state index contributed by atoms with van der Waals surface area (Å²) < 4.78 is 0. The maximum absolute atomic E-state index is 12.7. The van der Waals surface area contributed by atoms with E-state index >= 15 is 0 Å². The summed E-state index contributed by atoms with van der Waals surface area (Å²) in [6.45, 7) is 6.20. The van der Waals surface area contributed by atoms with Crippen molar-refractivity contribution in [2.75, 3.05) is 19.6 Å². The first-order valence-corrected chi connectivity index (χ1v) is 8.35. The Morgan fingerprint density at radius 2 is 1.86 bits per heavy atom. The lowest BCUT2D eigenvalue weighted by molar-refractivity contribution is -0.148. The van der Waals surface area contributed by atoms with Gasteiger partial charge in [0.05, 0.1) is 0 Å². The summed E-state index contributed by atoms with van der Waals surface area (Å²) in [5.41, 5.74) is -0.975. The highest BCUT2D eigenvalue weighted by Crippen LogP contribution is 2.34. The van der Waals surface area contributed by atoms with E-state index < -0.39 is 11.5 Å². The molecule has 2 saturated heterocycles. The fourth-order valence-electron chi connectivity index (χ4n) is 3.89. The molecule has 5 heteroatoms. The Balaban J connectivity index is 2.01. The zero-order valence-corrected chi connectivity index (χ0v) is 13.3. The number of carbonyl (C=O) groups is 2. The standard InChI is InChI=1S/C16H28N2O3/c1-3-6-13-7-11-17(12-8-13)15(21)18-10-5-9-16(18,4-2)14(19)20/h13H,3-12H2,1-2H3,(H,19,20). The largest absolute Gasteiger partial charge is 0.479 e. The van der Waals surface area contributed by atoms with Gasteiger partial charge in [-0.3, -0.25) is 0 Å². The van der Waals surface area contributed by atoms with Crippen LogP contribution >= 0.6 is 0 Å². The predicted molar refractivity (Wildman–Crippen MR) is 81.2 cm³/mol. The van der Waals surface area contributed by atoms with Gasteiger partial charge in [0.2, 0.25) is 0 Å². The number of aliphatic carboxylic acids is 1. The van der Waals surface area contributed by atoms with Gasteiger partial charge in [-0.25, -0.2) is 9.59 Å². The maximum atomic E-state index is 12.7. The van der Waals surface area contributed by atoms with E-state index in [4.69, 9.17) is 0 Å². The lowest BCUT2D eigenvalue weighted by Gasteiger charge is -2.40. The molecule has 0 aromatic heterocycles. The molecule has 1 N–H and O–H groups in total. The van der Waals surface area contributed by atoms with E-state index in [1.165, 1.54) is 12.8 Å². The van der Waals surface area contributed by atoms with Crippen LogP contribution in [0.25, 0.3) is 0 Å². The summed E-state index contributed by atoms with van der Waals surface area (Å²) in [4.78, 5) is 27.9. The van der Waals surface area contributed by atoms with Gasteiger partial charge >= 0.3 is 12.0 Å². The van der Waals surface area contributed by atoms with Crippen LogP contribution in [0.2, 0.25) is 0 Å². The van der Waals surface area contributed by atoms with Crippen molar-refractivity contribution in [2.24, 2.45) is 5.92 Å². The van der Waals surface area contributed by atoms with Crippen molar-refractivity contribution in [3.05, 3.63) is 0 Å². The lowest BCUT2D eigenvalue weighted by atomic mass is 9.92. The molecule has 1 unspecified atom stereocenters. The summed E-state index contributed by atoms with van der Waals surface area (Å²) >= 11 is 0. The SMILES string of the molecule is CCCC1CCN(C(=O)N2CCCC2(CC)C(=O)O)CC1. The molecule has 0 aromatic carbocycles. The minimum Gasteiger partial charge on any atom is -0.479 e. The number of carbonyl (C=O) groups excluding carboxylic acids is 1. The molecule has 0 aromatic rings. The molecule has 2 aliphatic heterocycles. The van der Waals surface area contributed by atoms with Crippen LogP contribution < -0.4 is 0 Å². The molecule has 5 nitrogen and oxygen atoms in total. The molecule has 1 atom stereocenters. The monoisotopic (exact) mass is 296 g/mol. The van der Waals surface area contributed by atoms with Gasteiger partial charge in [-0.1, -0.05) is 26.7 Å². The molecule has 2 amide bonds. The lowest BCUT2D eigenvalue weighted by Crippen LogP contribution is -2.57. The van der Waals surface area contributed by atoms with E-state index in [1.807, 2.05) is 11.8 Å². The molecule has 0 saturated carbocycles. The first-order valence-electron chi connectivity index (χ1n) is 8.35. The molecule has 0 radical (unpaired) electrons. The van der Waals surface area contributed by atoms with Gasteiger partial charge in [0.1, 0.15) is 5.54 Å². The van der Waals surface area contributed by atoms with E-state index in [2.05, 4.69) is 6.92 Å². The Morgan fingerprint density at radius 3 is 2.38 bits per heavy atom. The van der Waals surface area contributed by atoms with Gasteiger partial charge in [0.25, 0.3) is 0 Å². The highest BCUT2D eigenvalue weighted by atomic mass is 16.4. The number of urea groups is 1. The highest BCUT2D eigenvalue weighted by Gasteiger charge is 2.49. The third-order valence-electron chi connectivity index (χ3n) is 5.28. The maximum Gasteiger partial charge on any atom is 0.329 e. The summed E-state index contributed by atoms with van der Waals surface area (Å²) in [6, 6.07) is -0.0632. The zero-order chi connectivity index (χ0) is 15.5. The van der Waals surface area contributed by atoms with E-state index in [1.54, 1.807) is 4.90 Å². The van der Waals surface area contributed by atoms with Crippen molar-refractivity contribution in [1.29, 1.82) is 0 Å². The van der Waals surface area contributed by atoms with Gasteiger partial charge in [-0.2, -0.15) is 0 Å². The van der Waals surface area contributed by atoms with Crippen LogP contribution in [-0.2, 0) is 4.79 Å². The van der Waals surface area contributed by atoms with Crippen LogP contribution in [0.1, 0.15) is 58.8 Å². The number of likely N-dealkylation sites (tertiary alicyclic amines) is 2. The van der Waals surface area contributed by atoms with Crippen molar-refractivity contribution in [3.8, 4) is 0 Å². The first kappa shape index (κ1) is 16.1. The van der Waals surface area contributed by atoms with Gasteiger partial charge in [0, 0.05) is 19.6 Å². The second kappa shape index (κ2) is 6.67. The number of carboxylic acid groups (broad SMARTS) is 1. The summed E-state index contributed by atoms with van der Waals surface area (Å²) in [5.74, 6) is -0.121. The van der Waals surface area contributed by atoms with Crippen LogP contribution in [0.4, 0.5) is 4.79 Å². The predicted octanol–water partition coefficient (Wildman–Crippen LogP) is 2.95. The molecule has 21 heavy (non-hydrogen) atoms. The molecule has 0 bridgehead atoms. The van der Waals surface area contributed by atoms with E-state index in [0.29, 0.717) is 19.4 Å². The van der Waals surface area contributed by atoms with Crippen molar-refractivity contribution in [3.63, 3.8) is 0 Å². The summed E-state index contributed by atoms with van der Waals surface area (Å²) in [7, 11) is 0. The Labute approximate surface area is 127 Å². The number of nitrogens with zero attached hydrogens (tertiary/aromatic N) is 2. The molecular weight excluding hydrogens is 268 g/mol. The minimum absolute atomic E-state index is 0.0632. The van der Waals surface area contributed by atoms with Crippen LogP contribution in [0.15, 0.2) is 0 Å². The Hall–Kier alpha value is -1.26. The normalized spacial score (nSPS) is 27.1. The number of piperidine rings is 1. The molecular formula is C16H28N2O3. The fraction of sp³-hybridized carbons (Fsp3) is 0.875. The number of hydrogen-bond donors (Lipinski definition) is 1. The van der Waals surface area contributed by atoms with Crippen LogP contribution in [-0.4, -0.2) is 52.1 Å². The minimum atomic E-state index is -0.975. The Morgan fingerprint density at radius 1 is 1.19 bits per heavy atom. The van der Waals surface area contributed by atoms with Crippen molar-refractivity contribution >= 4 is 12.0 Å². The molecule has 2 rings (SSSR count). The molecule has 0 aliphatic carbocycles. The van der Waals surface area contributed by atoms with Crippen LogP contribution in [0, 0.1) is 5.92 Å². The van der Waals surface area contributed by atoms with Crippen LogP contribution in [0.3, 0.4) is 0 Å². The summed E-state index contributed by atoms with van der Waals surface area (Å²) in [5, 5.41) is 9.58. The average Bonchev–Trinajstić information content (AvgIpc) is 2.93. The Kier molecular flexibility index (Phi) is 5.12. The zero-order valence-electron chi connectivity index (χ0n) is 13.3. The first-order chi connectivity index (χ1) is 10.0. The molecule has 2 fully saturated rings.